The van der Waals surface area contributed by atoms with Crippen LogP contribution < -0.4 is 0 Å². The third-order valence-corrected chi connectivity index (χ3v) is 4.64. The lowest BCUT2D eigenvalue weighted by atomic mass is 9.80. The first-order valence-corrected chi connectivity index (χ1v) is 6.45. The second-order valence-corrected chi connectivity index (χ2v) is 5.84. The van der Waals surface area contributed by atoms with Crippen molar-refractivity contribution in [3.63, 3.8) is 0 Å². The molecule has 3 heteroatoms. The predicted octanol–water partition coefficient (Wildman–Crippen LogP) is 2.48. The zero-order valence-electron chi connectivity index (χ0n) is 10.8. The molecule has 0 radical (unpaired) electrons. The van der Waals surface area contributed by atoms with E-state index >= 15 is 0 Å². The van der Waals surface area contributed by atoms with Gasteiger partial charge in [0.25, 0.3) is 0 Å². The average molecular weight is 246 g/mol. The number of hydrogen-bond donors (Lipinski definition) is 1. The Bertz CT molecular complexity index is 508. The van der Waals surface area contributed by atoms with E-state index in [1.807, 2.05) is 0 Å². The molecule has 1 aliphatic heterocycles. The number of esters is 1. The normalized spacial score (nSPS) is 39.2. The molecule has 3 aliphatic rings. The summed E-state index contributed by atoms with van der Waals surface area (Å²) in [4.78, 5) is 11.6. The number of ether oxygens (including phenoxy) is 1. The van der Waals surface area contributed by atoms with Gasteiger partial charge in [-0.25, -0.2) is 4.79 Å². The second kappa shape index (κ2) is 3.58. The summed E-state index contributed by atoms with van der Waals surface area (Å²) in [6, 6.07) is 0. The summed E-state index contributed by atoms with van der Waals surface area (Å²) >= 11 is 0. The molecular weight excluding hydrogens is 228 g/mol. The first-order chi connectivity index (χ1) is 8.40. The minimum atomic E-state index is -0.925. The van der Waals surface area contributed by atoms with Gasteiger partial charge in [0.15, 0.2) is 0 Å². The first-order valence-electron chi connectivity index (χ1n) is 6.45. The van der Waals surface area contributed by atoms with Crippen LogP contribution in [0.2, 0.25) is 0 Å². The van der Waals surface area contributed by atoms with Crippen LogP contribution in [0.5, 0.6) is 0 Å². The van der Waals surface area contributed by atoms with E-state index in [-0.39, 0.29) is 17.8 Å². The monoisotopic (exact) mass is 246 g/mol. The van der Waals surface area contributed by atoms with Crippen molar-refractivity contribution >= 4 is 5.97 Å². The van der Waals surface area contributed by atoms with Gasteiger partial charge < -0.3 is 9.84 Å². The molecule has 0 saturated heterocycles. The maximum Gasteiger partial charge on any atom is 0.339 e. The Morgan fingerprint density at radius 2 is 2.28 bits per heavy atom. The molecule has 0 unspecified atom stereocenters. The van der Waals surface area contributed by atoms with Crippen molar-refractivity contribution in [1.82, 2.24) is 0 Å². The molecule has 18 heavy (non-hydrogen) atoms. The molecule has 0 bridgehead atoms. The Morgan fingerprint density at radius 3 is 3.00 bits per heavy atom. The van der Waals surface area contributed by atoms with E-state index in [1.165, 1.54) is 5.57 Å². The van der Waals surface area contributed by atoms with Crippen LogP contribution in [0.3, 0.4) is 0 Å². The highest BCUT2D eigenvalue weighted by Gasteiger charge is 2.46. The van der Waals surface area contributed by atoms with Crippen molar-refractivity contribution in [3.8, 4) is 0 Å². The zero-order chi connectivity index (χ0) is 13.1. The molecule has 1 fully saturated rings. The summed E-state index contributed by atoms with van der Waals surface area (Å²) in [7, 11) is 0. The lowest BCUT2D eigenvalue weighted by Gasteiger charge is -2.30. The van der Waals surface area contributed by atoms with Crippen LogP contribution in [0.4, 0.5) is 0 Å². The lowest BCUT2D eigenvalue weighted by molar-refractivity contribution is -0.133. The van der Waals surface area contributed by atoms with Gasteiger partial charge in [-0.15, -0.1) is 0 Å². The minimum Gasteiger partial charge on any atom is -0.423 e. The second-order valence-electron chi connectivity index (χ2n) is 5.84. The van der Waals surface area contributed by atoms with Crippen LogP contribution in [0.15, 0.2) is 35.1 Å². The molecule has 3 rings (SSSR count). The Morgan fingerprint density at radius 1 is 1.56 bits per heavy atom. The average Bonchev–Trinajstić information content (AvgIpc) is 2.72. The quantitative estimate of drug-likeness (QED) is 0.527. The van der Waals surface area contributed by atoms with E-state index < -0.39 is 5.60 Å². The van der Waals surface area contributed by atoms with E-state index in [1.54, 1.807) is 19.9 Å². The number of carbonyl (C=O) groups excluding carboxylic acids is 1. The third-order valence-electron chi connectivity index (χ3n) is 4.64. The summed E-state index contributed by atoms with van der Waals surface area (Å²) in [5, 5.41) is 10.6. The predicted molar refractivity (Wildman–Crippen MR) is 67.5 cm³/mol. The molecule has 3 atom stereocenters. The number of allylic oxidation sites excluding steroid dienone is 2. The number of fused-ring (bicyclic) bond motifs is 2. The smallest absolute Gasteiger partial charge is 0.339 e. The molecular formula is C15H18O3. The van der Waals surface area contributed by atoms with Gasteiger partial charge >= 0.3 is 5.97 Å². The van der Waals surface area contributed by atoms with Gasteiger partial charge in [0.1, 0.15) is 5.76 Å². The molecule has 1 saturated carbocycles. The third kappa shape index (κ3) is 1.50. The van der Waals surface area contributed by atoms with Gasteiger partial charge in [0, 0.05) is 11.1 Å². The lowest BCUT2D eigenvalue weighted by Crippen LogP contribution is -2.34. The standard InChI is InChI=1S/C15H18O3/c1-8-4-5-12-10(8)6-11-9(2)14(16)18-13(11)7-15(12,3)17/h7,10,12,17H,1,4-6H2,2-3H3/t10-,12+,15+/m1/s1. The van der Waals surface area contributed by atoms with Crippen molar-refractivity contribution in [3.05, 3.63) is 35.1 Å². The van der Waals surface area contributed by atoms with Gasteiger partial charge in [-0.2, -0.15) is 0 Å². The number of rotatable bonds is 0. The van der Waals surface area contributed by atoms with Crippen LogP contribution in [0.1, 0.15) is 33.1 Å². The summed E-state index contributed by atoms with van der Waals surface area (Å²) in [6.07, 6.45) is 4.42. The molecule has 0 spiro atoms. The van der Waals surface area contributed by atoms with Crippen LogP contribution in [0.25, 0.3) is 0 Å². The van der Waals surface area contributed by atoms with E-state index in [4.69, 9.17) is 4.74 Å². The van der Waals surface area contributed by atoms with Crippen molar-refractivity contribution in [2.24, 2.45) is 11.8 Å². The summed E-state index contributed by atoms with van der Waals surface area (Å²) in [6.45, 7) is 7.72. The van der Waals surface area contributed by atoms with E-state index in [0.717, 1.165) is 24.8 Å². The van der Waals surface area contributed by atoms with Crippen LogP contribution >= 0.6 is 0 Å². The van der Waals surface area contributed by atoms with Gasteiger partial charge in [-0.3, -0.25) is 0 Å². The van der Waals surface area contributed by atoms with Crippen LogP contribution in [0, 0.1) is 11.8 Å². The maximum absolute atomic E-state index is 11.6. The Labute approximate surface area is 107 Å². The molecule has 2 aliphatic carbocycles. The molecule has 1 heterocycles. The van der Waals surface area contributed by atoms with Crippen LogP contribution in [-0.2, 0) is 9.53 Å². The fourth-order valence-corrected chi connectivity index (χ4v) is 3.51. The van der Waals surface area contributed by atoms with Gasteiger partial charge in [-0.1, -0.05) is 12.2 Å². The van der Waals surface area contributed by atoms with Crippen LogP contribution in [-0.4, -0.2) is 16.7 Å². The highest BCUT2D eigenvalue weighted by molar-refractivity contribution is 5.94. The maximum atomic E-state index is 11.6. The zero-order valence-corrected chi connectivity index (χ0v) is 10.8. The summed E-state index contributed by atoms with van der Waals surface area (Å²) in [5.74, 6) is 0.717. The van der Waals surface area contributed by atoms with Gasteiger partial charge in [-0.05, 0) is 51.0 Å². The molecule has 0 amide bonds. The SMILES string of the molecule is C=C1CC[C@H]2[C@@H]1CC1=C(C)C(=O)OC1=C[C@]2(C)O. The molecule has 0 aromatic carbocycles. The molecule has 0 aromatic heterocycles. The largest absolute Gasteiger partial charge is 0.423 e. The summed E-state index contributed by atoms with van der Waals surface area (Å²) < 4.78 is 5.25. The number of aliphatic hydroxyl groups is 1. The first kappa shape index (κ1) is 11.7. The summed E-state index contributed by atoms with van der Waals surface area (Å²) in [5.41, 5.74) is 1.90. The number of carbonyl (C=O) groups is 1. The molecule has 0 aromatic rings. The fourth-order valence-electron chi connectivity index (χ4n) is 3.51. The van der Waals surface area contributed by atoms with E-state index in [0.29, 0.717) is 11.3 Å². The Balaban J connectivity index is 2.11. The van der Waals surface area contributed by atoms with Crippen molar-refractivity contribution < 1.29 is 14.6 Å². The van der Waals surface area contributed by atoms with Gasteiger partial charge in [0.2, 0.25) is 0 Å². The topological polar surface area (TPSA) is 46.5 Å². The highest BCUT2D eigenvalue weighted by atomic mass is 16.5. The minimum absolute atomic E-state index is 0.183. The molecule has 96 valence electrons. The molecule has 1 N–H and O–H groups in total. The van der Waals surface area contributed by atoms with Crippen molar-refractivity contribution in [2.45, 2.75) is 38.7 Å². The molecule has 3 nitrogen and oxygen atoms in total. The van der Waals surface area contributed by atoms with E-state index in [2.05, 4.69) is 6.58 Å². The highest BCUT2D eigenvalue weighted by Crippen LogP contribution is 2.50. The van der Waals surface area contributed by atoms with Crippen molar-refractivity contribution in [1.29, 1.82) is 0 Å². The van der Waals surface area contributed by atoms with E-state index in [9.17, 15) is 9.90 Å². The van der Waals surface area contributed by atoms with Gasteiger partial charge in [0.05, 0.1) is 5.60 Å². The Hall–Kier alpha value is -1.35. The Kier molecular flexibility index (Phi) is 2.33. The van der Waals surface area contributed by atoms with Crippen molar-refractivity contribution in [2.75, 3.05) is 0 Å². The number of hydrogen-bond acceptors (Lipinski definition) is 3. The fraction of sp³-hybridized carbons (Fsp3) is 0.533.